The number of hydrogen-bond donors (Lipinski definition) is 2. The highest BCUT2D eigenvalue weighted by Crippen LogP contribution is 2.37. The number of hydrogen-bond acceptors (Lipinski definition) is 8. The first-order valence-electron chi connectivity index (χ1n) is 10.7. The zero-order chi connectivity index (χ0) is 22.8. The lowest BCUT2D eigenvalue weighted by molar-refractivity contribution is -0.0226. The number of carbonyl (C=O) groups is 1. The van der Waals surface area contributed by atoms with E-state index in [1.54, 1.807) is 24.0 Å². The number of ether oxygens (including phenoxy) is 1. The Bertz CT molecular complexity index is 1240. The third-order valence-electron chi connectivity index (χ3n) is 5.50. The largest absolute Gasteiger partial charge is 0.378 e. The van der Waals surface area contributed by atoms with Crippen LogP contribution in [0.2, 0.25) is 0 Å². The molecule has 0 spiro atoms. The van der Waals surface area contributed by atoms with Gasteiger partial charge in [0, 0.05) is 36.1 Å². The first-order valence-corrected chi connectivity index (χ1v) is 11.5. The second-order valence-corrected chi connectivity index (χ2v) is 8.55. The van der Waals surface area contributed by atoms with Crippen LogP contribution in [0.15, 0.2) is 48.4 Å². The summed E-state index contributed by atoms with van der Waals surface area (Å²) in [6, 6.07) is 5.82. The highest BCUT2D eigenvalue weighted by molar-refractivity contribution is 7.13. The van der Waals surface area contributed by atoms with Crippen molar-refractivity contribution in [2.75, 3.05) is 11.9 Å². The van der Waals surface area contributed by atoms with E-state index >= 15 is 0 Å². The Kier molecular flexibility index (Phi) is 5.99. The van der Waals surface area contributed by atoms with Crippen LogP contribution in [0.3, 0.4) is 0 Å². The van der Waals surface area contributed by atoms with Crippen LogP contribution in [0.1, 0.15) is 36.3 Å². The van der Waals surface area contributed by atoms with Gasteiger partial charge in [0.05, 0.1) is 29.7 Å². The van der Waals surface area contributed by atoms with Gasteiger partial charge in [-0.3, -0.25) is 14.5 Å². The van der Waals surface area contributed by atoms with E-state index < -0.39 is 0 Å². The number of nitrogens with zero attached hydrogens (tertiary/aromatic N) is 6. The van der Waals surface area contributed by atoms with Gasteiger partial charge < -0.3 is 15.2 Å². The van der Waals surface area contributed by atoms with E-state index in [2.05, 4.69) is 20.4 Å². The number of rotatable bonds is 8. The summed E-state index contributed by atoms with van der Waals surface area (Å²) in [4.78, 5) is 21.8. The molecule has 0 aliphatic heterocycles. The fraction of sp³-hybridized carbons (Fsp3) is 0.318. The Labute approximate surface area is 193 Å². The summed E-state index contributed by atoms with van der Waals surface area (Å²) in [7, 11) is 0. The lowest BCUT2D eigenvalue weighted by atomic mass is 9.89. The van der Waals surface area contributed by atoms with Crippen LogP contribution in [0.4, 0.5) is 5.69 Å². The Balaban J connectivity index is 1.37. The second kappa shape index (κ2) is 9.22. The maximum Gasteiger partial charge on any atom is 0.275 e. The van der Waals surface area contributed by atoms with Crippen LogP contribution in [-0.2, 0) is 11.5 Å². The monoisotopic (exact) mass is 465 g/mol. The summed E-state index contributed by atoms with van der Waals surface area (Å²) in [5.41, 5.74) is 2.92. The quantitative estimate of drug-likeness (QED) is 0.410. The number of amides is 1. The number of anilines is 1. The zero-order valence-electron chi connectivity index (χ0n) is 18.0. The van der Waals surface area contributed by atoms with Crippen LogP contribution in [0.5, 0.6) is 0 Å². The molecule has 4 aromatic heterocycles. The summed E-state index contributed by atoms with van der Waals surface area (Å²) < 4.78 is 8.95. The second-order valence-electron chi connectivity index (χ2n) is 7.69. The van der Waals surface area contributed by atoms with Crippen molar-refractivity contribution in [3.8, 4) is 22.0 Å². The van der Waals surface area contributed by atoms with Crippen molar-refractivity contribution in [1.82, 2.24) is 29.5 Å². The van der Waals surface area contributed by atoms with Gasteiger partial charge in [0.1, 0.15) is 23.1 Å². The van der Waals surface area contributed by atoms with Crippen molar-refractivity contribution >= 4 is 22.9 Å². The van der Waals surface area contributed by atoms with Crippen molar-refractivity contribution in [1.29, 1.82) is 0 Å². The summed E-state index contributed by atoms with van der Waals surface area (Å²) in [5.74, 6) is -0.329. The minimum Gasteiger partial charge on any atom is -0.378 e. The van der Waals surface area contributed by atoms with Gasteiger partial charge in [-0.2, -0.15) is 10.2 Å². The fourth-order valence-electron chi connectivity index (χ4n) is 3.74. The molecule has 1 saturated carbocycles. The third-order valence-corrected chi connectivity index (χ3v) is 6.39. The highest BCUT2D eigenvalue weighted by Gasteiger charge is 2.32. The van der Waals surface area contributed by atoms with Crippen molar-refractivity contribution in [3.05, 3.63) is 54.1 Å². The fourth-order valence-corrected chi connectivity index (χ4v) is 4.51. The Morgan fingerprint density at radius 3 is 2.94 bits per heavy atom. The van der Waals surface area contributed by atoms with E-state index in [9.17, 15) is 9.90 Å². The molecule has 5 rings (SSSR count). The molecule has 1 fully saturated rings. The molecular weight excluding hydrogens is 442 g/mol. The number of carbonyl (C=O) groups excluding carboxylic acids is 1. The van der Waals surface area contributed by atoms with E-state index in [1.807, 2.05) is 36.0 Å². The van der Waals surface area contributed by atoms with Gasteiger partial charge in [-0.25, -0.2) is 9.67 Å². The number of nitrogens with one attached hydrogen (secondary N) is 1. The predicted octanol–water partition coefficient (Wildman–Crippen LogP) is 3.21. The Hall–Kier alpha value is -3.41. The van der Waals surface area contributed by atoms with Crippen molar-refractivity contribution in [2.24, 2.45) is 0 Å². The molecule has 4 heterocycles. The molecular formula is C22H23N7O3S. The number of pyridine rings is 1. The average molecular weight is 466 g/mol. The van der Waals surface area contributed by atoms with Crippen molar-refractivity contribution in [2.45, 2.75) is 38.6 Å². The van der Waals surface area contributed by atoms with Crippen LogP contribution < -0.4 is 5.32 Å². The van der Waals surface area contributed by atoms with Gasteiger partial charge in [0.25, 0.3) is 5.91 Å². The molecule has 0 radical (unpaired) electrons. The van der Waals surface area contributed by atoms with Crippen molar-refractivity contribution < 1.29 is 14.6 Å². The number of aliphatic hydroxyl groups is 1. The predicted molar refractivity (Wildman–Crippen MR) is 123 cm³/mol. The smallest absolute Gasteiger partial charge is 0.275 e. The molecule has 0 atom stereocenters. The lowest BCUT2D eigenvalue weighted by Crippen LogP contribution is -2.33. The summed E-state index contributed by atoms with van der Waals surface area (Å²) >= 11 is 1.34. The lowest BCUT2D eigenvalue weighted by Gasteiger charge is -2.34. The van der Waals surface area contributed by atoms with Crippen LogP contribution in [0.25, 0.3) is 22.0 Å². The first-order chi connectivity index (χ1) is 16.1. The molecule has 0 aromatic carbocycles. The van der Waals surface area contributed by atoms with E-state index in [1.165, 1.54) is 16.0 Å². The van der Waals surface area contributed by atoms with Gasteiger partial charge in [-0.15, -0.1) is 11.3 Å². The molecule has 0 unspecified atom stereocenters. The number of aromatic nitrogens is 6. The molecule has 33 heavy (non-hydrogen) atoms. The molecule has 0 saturated heterocycles. The van der Waals surface area contributed by atoms with Gasteiger partial charge in [0.2, 0.25) is 0 Å². The SMILES string of the molecule is CCOC1CC(n2cc(NC(=O)c3csc(-c4cnn(CO)c4)n3)c(-c3ccccn3)n2)C1. The van der Waals surface area contributed by atoms with E-state index in [-0.39, 0.29) is 24.8 Å². The molecule has 1 aliphatic carbocycles. The van der Waals surface area contributed by atoms with E-state index in [4.69, 9.17) is 9.84 Å². The molecule has 10 nitrogen and oxygen atoms in total. The summed E-state index contributed by atoms with van der Waals surface area (Å²) in [6.07, 6.45) is 8.87. The molecule has 170 valence electrons. The highest BCUT2D eigenvalue weighted by atomic mass is 32.1. The minimum absolute atomic E-state index is 0.217. The average Bonchev–Trinajstić information content (AvgIpc) is 3.55. The Morgan fingerprint density at radius 1 is 1.33 bits per heavy atom. The minimum atomic E-state index is -0.329. The molecule has 1 amide bonds. The standard InChI is InChI=1S/C22H23N7O3S/c1-2-32-16-7-15(8-16)29-11-18(20(27-29)17-5-3-4-6-23-17)25-21(31)19-12-33-22(26-19)14-9-24-28(10-14)13-30/h3-6,9-12,15-16,30H,2,7-8,13H2,1H3,(H,25,31). The van der Waals surface area contributed by atoms with Crippen LogP contribution in [-0.4, -0.2) is 53.3 Å². The third kappa shape index (κ3) is 4.42. The van der Waals surface area contributed by atoms with Gasteiger partial charge >= 0.3 is 0 Å². The molecule has 0 bridgehead atoms. The maximum absolute atomic E-state index is 13.0. The van der Waals surface area contributed by atoms with Crippen LogP contribution in [0, 0.1) is 0 Å². The van der Waals surface area contributed by atoms with Gasteiger partial charge in [-0.1, -0.05) is 6.07 Å². The van der Waals surface area contributed by atoms with E-state index in [0.29, 0.717) is 34.4 Å². The normalized spacial score (nSPS) is 17.6. The molecule has 1 aliphatic rings. The number of aliphatic hydroxyl groups excluding tert-OH is 1. The van der Waals surface area contributed by atoms with Crippen LogP contribution >= 0.6 is 11.3 Å². The van der Waals surface area contributed by atoms with E-state index in [0.717, 1.165) is 18.4 Å². The van der Waals surface area contributed by atoms with Crippen molar-refractivity contribution in [3.63, 3.8) is 0 Å². The van der Waals surface area contributed by atoms with Gasteiger partial charge in [-0.05, 0) is 31.9 Å². The van der Waals surface area contributed by atoms with Gasteiger partial charge in [0.15, 0.2) is 0 Å². The maximum atomic E-state index is 13.0. The summed E-state index contributed by atoms with van der Waals surface area (Å²) in [6.45, 7) is 2.48. The zero-order valence-corrected chi connectivity index (χ0v) is 18.8. The Morgan fingerprint density at radius 2 is 2.21 bits per heavy atom. The number of thiazole rings is 1. The topological polar surface area (TPSA) is 120 Å². The molecule has 4 aromatic rings. The molecule has 11 heteroatoms. The first kappa shape index (κ1) is 21.4. The molecule has 2 N–H and O–H groups in total. The summed E-state index contributed by atoms with van der Waals surface area (Å²) in [5, 5.41) is 23.3.